The molecule has 5 nitrogen and oxygen atoms in total. The highest BCUT2D eigenvalue weighted by molar-refractivity contribution is 7.89. The summed E-state index contributed by atoms with van der Waals surface area (Å²) in [6.45, 7) is 6.28. The lowest BCUT2D eigenvalue weighted by Crippen LogP contribution is -2.36. The summed E-state index contributed by atoms with van der Waals surface area (Å²) in [6, 6.07) is 4.83. The van der Waals surface area contributed by atoms with E-state index in [1.807, 2.05) is 20.8 Å². The molecular weight excluding hydrogens is 264 g/mol. The van der Waals surface area contributed by atoms with Gasteiger partial charge in [0.25, 0.3) is 0 Å². The maximum Gasteiger partial charge on any atom is 0.246 e. The topological polar surface area (TPSA) is 72.6 Å². The van der Waals surface area contributed by atoms with E-state index in [2.05, 4.69) is 0 Å². The van der Waals surface area contributed by atoms with Crippen LogP contribution in [0.1, 0.15) is 26.3 Å². The van der Waals surface area contributed by atoms with Gasteiger partial charge in [-0.3, -0.25) is 0 Å². The maximum atomic E-state index is 12.6. The molecular formula is C13H22N2O3S. The van der Waals surface area contributed by atoms with Crippen molar-refractivity contribution in [2.75, 3.05) is 13.7 Å². The summed E-state index contributed by atoms with van der Waals surface area (Å²) in [5.41, 5.74) is 6.39. The van der Waals surface area contributed by atoms with E-state index in [0.29, 0.717) is 18.8 Å². The fourth-order valence-electron chi connectivity index (χ4n) is 1.99. The van der Waals surface area contributed by atoms with Crippen LogP contribution in [0.3, 0.4) is 0 Å². The van der Waals surface area contributed by atoms with Crippen molar-refractivity contribution in [1.29, 1.82) is 0 Å². The molecule has 0 heterocycles. The first kappa shape index (κ1) is 15.9. The van der Waals surface area contributed by atoms with Gasteiger partial charge in [0.15, 0.2) is 0 Å². The SMILES string of the molecule is CCN(C(C)C)S(=O)(=O)c1ccc(CN)cc1OC. The van der Waals surface area contributed by atoms with E-state index < -0.39 is 10.0 Å². The summed E-state index contributed by atoms with van der Waals surface area (Å²) in [4.78, 5) is 0.183. The summed E-state index contributed by atoms with van der Waals surface area (Å²) < 4.78 is 31.8. The summed E-state index contributed by atoms with van der Waals surface area (Å²) in [6.07, 6.45) is 0. The molecule has 19 heavy (non-hydrogen) atoms. The standard InChI is InChI=1S/C13H22N2O3S/c1-5-15(10(2)3)19(16,17)13-7-6-11(9-14)8-12(13)18-4/h6-8,10H,5,9,14H2,1-4H3. The van der Waals surface area contributed by atoms with Gasteiger partial charge in [-0.2, -0.15) is 4.31 Å². The third kappa shape index (κ3) is 3.26. The Morgan fingerprint density at radius 2 is 2.00 bits per heavy atom. The van der Waals surface area contributed by atoms with Crippen molar-refractivity contribution in [3.63, 3.8) is 0 Å². The highest BCUT2D eigenvalue weighted by Gasteiger charge is 2.28. The summed E-state index contributed by atoms with van der Waals surface area (Å²) >= 11 is 0. The first-order valence-electron chi connectivity index (χ1n) is 6.27. The van der Waals surface area contributed by atoms with Crippen LogP contribution in [-0.4, -0.2) is 32.4 Å². The second-order valence-electron chi connectivity index (χ2n) is 4.49. The molecule has 0 spiro atoms. The van der Waals surface area contributed by atoms with E-state index >= 15 is 0 Å². The third-order valence-electron chi connectivity index (χ3n) is 2.94. The summed E-state index contributed by atoms with van der Waals surface area (Å²) in [5.74, 6) is 0.335. The zero-order chi connectivity index (χ0) is 14.6. The molecule has 0 atom stereocenters. The van der Waals surface area contributed by atoms with Gasteiger partial charge in [0.2, 0.25) is 10.0 Å². The lowest BCUT2D eigenvalue weighted by atomic mass is 10.2. The van der Waals surface area contributed by atoms with Crippen LogP contribution in [0.25, 0.3) is 0 Å². The maximum absolute atomic E-state index is 12.6. The Kier molecular flexibility index (Phi) is 5.34. The van der Waals surface area contributed by atoms with Crippen molar-refractivity contribution in [3.05, 3.63) is 23.8 Å². The summed E-state index contributed by atoms with van der Waals surface area (Å²) in [5, 5.41) is 0. The molecule has 0 bridgehead atoms. The Hall–Kier alpha value is -1.11. The van der Waals surface area contributed by atoms with Crippen molar-refractivity contribution in [2.24, 2.45) is 5.73 Å². The minimum atomic E-state index is -3.55. The minimum absolute atomic E-state index is 0.103. The number of benzene rings is 1. The smallest absolute Gasteiger partial charge is 0.246 e. The van der Waals surface area contributed by atoms with Gasteiger partial charge in [-0.25, -0.2) is 8.42 Å². The molecule has 0 radical (unpaired) electrons. The van der Waals surface area contributed by atoms with Gasteiger partial charge in [-0.05, 0) is 31.5 Å². The van der Waals surface area contributed by atoms with E-state index in [4.69, 9.17) is 10.5 Å². The molecule has 0 saturated carbocycles. The van der Waals surface area contributed by atoms with Crippen molar-refractivity contribution >= 4 is 10.0 Å². The van der Waals surface area contributed by atoms with Gasteiger partial charge >= 0.3 is 0 Å². The number of hydrogen-bond donors (Lipinski definition) is 1. The molecule has 0 aromatic heterocycles. The van der Waals surface area contributed by atoms with E-state index in [0.717, 1.165) is 5.56 Å². The average Bonchev–Trinajstić information content (AvgIpc) is 2.37. The molecule has 108 valence electrons. The number of nitrogens with zero attached hydrogens (tertiary/aromatic N) is 1. The number of nitrogens with two attached hydrogens (primary N) is 1. The molecule has 6 heteroatoms. The van der Waals surface area contributed by atoms with Crippen LogP contribution in [0.2, 0.25) is 0 Å². The Balaban J connectivity index is 3.35. The Morgan fingerprint density at radius 1 is 1.37 bits per heavy atom. The van der Waals surface area contributed by atoms with Crippen LogP contribution in [0.15, 0.2) is 23.1 Å². The van der Waals surface area contributed by atoms with Crippen LogP contribution >= 0.6 is 0 Å². The summed E-state index contributed by atoms with van der Waals surface area (Å²) in [7, 11) is -2.09. The Morgan fingerprint density at radius 3 is 2.42 bits per heavy atom. The van der Waals surface area contributed by atoms with Crippen molar-refractivity contribution in [3.8, 4) is 5.75 Å². The molecule has 2 N–H and O–H groups in total. The van der Waals surface area contributed by atoms with Gasteiger partial charge in [-0.15, -0.1) is 0 Å². The Bertz CT molecular complexity index is 527. The highest BCUT2D eigenvalue weighted by atomic mass is 32.2. The number of methoxy groups -OCH3 is 1. The molecule has 0 amide bonds. The van der Waals surface area contributed by atoms with Gasteiger partial charge in [0.1, 0.15) is 10.6 Å². The third-order valence-corrected chi connectivity index (χ3v) is 5.13. The zero-order valence-corrected chi connectivity index (χ0v) is 12.7. The predicted octanol–water partition coefficient (Wildman–Crippen LogP) is 1.57. The fourth-order valence-corrected chi connectivity index (χ4v) is 3.78. The van der Waals surface area contributed by atoms with Crippen LogP contribution in [-0.2, 0) is 16.6 Å². The minimum Gasteiger partial charge on any atom is -0.495 e. The lowest BCUT2D eigenvalue weighted by Gasteiger charge is -2.25. The van der Waals surface area contributed by atoms with Crippen molar-refractivity contribution in [2.45, 2.75) is 38.3 Å². The van der Waals surface area contributed by atoms with E-state index in [1.54, 1.807) is 18.2 Å². The predicted molar refractivity (Wildman–Crippen MR) is 75.6 cm³/mol. The zero-order valence-electron chi connectivity index (χ0n) is 11.9. The largest absolute Gasteiger partial charge is 0.495 e. The van der Waals surface area contributed by atoms with Crippen molar-refractivity contribution < 1.29 is 13.2 Å². The van der Waals surface area contributed by atoms with Crippen LogP contribution < -0.4 is 10.5 Å². The second-order valence-corrected chi connectivity index (χ2v) is 6.35. The van der Waals surface area contributed by atoms with E-state index in [1.165, 1.54) is 11.4 Å². The van der Waals surface area contributed by atoms with Crippen LogP contribution in [0.5, 0.6) is 5.75 Å². The van der Waals surface area contributed by atoms with Gasteiger partial charge in [0, 0.05) is 19.1 Å². The molecule has 0 aliphatic rings. The number of rotatable bonds is 6. The van der Waals surface area contributed by atoms with Gasteiger partial charge in [0.05, 0.1) is 7.11 Å². The number of ether oxygens (including phenoxy) is 1. The van der Waals surface area contributed by atoms with E-state index in [-0.39, 0.29) is 10.9 Å². The Labute approximate surface area is 115 Å². The number of hydrogen-bond acceptors (Lipinski definition) is 4. The number of sulfonamides is 1. The molecule has 0 aliphatic carbocycles. The monoisotopic (exact) mass is 286 g/mol. The van der Waals surface area contributed by atoms with Crippen LogP contribution in [0, 0.1) is 0 Å². The lowest BCUT2D eigenvalue weighted by molar-refractivity contribution is 0.361. The quantitative estimate of drug-likeness (QED) is 0.861. The normalized spacial score (nSPS) is 12.2. The molecule has 0 unspecified atom stereocenters. The fraction of sp³-hybridized carbons (Fsp3) is 0.538. The van der Waals surface area contributed by atoms with Crippen molar-refractivity contribution in [1.82, 2.24) is 4.31 Å². The molecule has 1 aromatic carbocycles. The second kappa shape index (κ2) is 6.36. The molecule has 0 fully saturated rings. The molecule has 0 aliphatic heterocycles. The average molecular weight is 286 g/mol. The van der Waals surface area contributed by atoms with Gasteiger partial charge < -0.3 is 10.5 Å². The van der Waals surface area contributed by atoms with E-state index in [9.17, 15) is 8.42 Å². The molecule has 0 saturated heterocycles. The van der Waals surface area contributed by atoms with Crippen LogP contribution in [0.4, 0.5) is 0 Å². The van der Waals surface area contributed by atoms with Gasteiger partial charge in [-0.1, -0.05) is 13.0 Å². The molecule has 1 aromatic rings. The highest BCUT2D eigenvalue weighted by Crippen LogP contribution is 2.28. The first-order chi connectivity index (χ1) is 8.88. The first-order valence-corrected chi connectivity index (χ1v) is 7.71. The molecule has 1 rings (SSSR count).